The van der Waals surface area contributed by atoms with E-state index in [0.29, 0.717) is 0 Å². The quantitative estimate of drug-likeness (QED) is 0.821. The smallest absolute Gasteiger partial charge is 0.0250 e. The molecule has 0 aromatic heterocycles. The largest absolute Gasteiger partial charge is 0.312 e. The van der Waals surface area contributed by atoms with Crippen molar-refractivity contribution in [3.8, 4) is 0 Å². The maximum absolute atomic E-state index is 3.81. The van der Waals surface area contributed by atoms with Crippen molar-refractivity contribution in [3.63, 3.8) is 0 Å². The second kappa shape index (κ2) is 6.55. The SMILES string of the molecule is CCCNC1CCCCC1N1CCN(C2CC2)CC1. The molecular weight excluding hydrogens is 234 g/mol. The van der Waals surface area contributed by atoms with E-state index < -0.39 is 0 Å². The van der Waals surface area contributed by atoms with E-state index in [-0.39, 0.29) is 0 Å². The fourth-order valence-electron chi connectivity index (χ4n) is 3.99. The topological polar surface area (TPSA) is 18.5 Å². The van der Waals surface area contributed by atoms with E-state index in [1.807, 2.05) is 0 Å². The van der Waals surface area contributed by atoms with E-state index in [4.69, 9.17) is 0 Å². The van der Waals surface area contributed by atoms with Gasteiger partial charge in [-0.25, -0.2) is 0 Å². The van der Waals surface area contributed by atoms with Crippen LogP contribution in [0.15, 0.2) is 0 Å². The first-order valence-corrected chi connectivity index (χ1v) is 8.60. The van der Waals surface area contributed by atoms with Gasteiger partial charge < -0.3 is 5.32 Å². The van der Waals surface area contributed by atoms with Crippen LogP contribution in [0.25, 0.3) is 0 Å². The number of nitrogens with one attached hydrogen (secondary N) is 1. The van der Waals surface area contributed by atoms with E-state index in [1.54, 1.807) is 0 Å². The van der Waals surface area contributed by atoms with Gasteiger partial charge in [-0.15, -0.1) is 0 Å². The van der Waals surface area contributed by atoms with Crippen LogP contribution in [0.5, 0.6) is 0 Å². The van der Waals surface area contributed by atoms with Gasteiger partial charge in [0.15, 0.2) is 0 Å². The molecule has 1 N–H and O–H groups in total. The van der Waals surface area contributed by atoms with Gasteiger partial charge in [0, 0.05) is 44.3 Å². The first-order valence-electron chi connectivity index (χ1n) is 8.60. The first-order chi connectivity index (χ1) is 9.38. The Labute approximate surface area is 118 Å². The molecule has 1 saturated heterocycles. The molecular formula is C16H31N3. The Kier molecular flexibility index (Phi) is 4.78. The van der Waals surface area contributed by atoms with Gasteiger partial charge in [-0.2, -0.15) is 0 Å². The average molecular weight is 265 g/mol. The Balaban J connectivity index is 1.50. The molecule has 0 bridgehead atoms. The monoisotopic (exact) mass is 265 g/mol. The molecule has 1 heterocycles. The van der Waals surface area contributed by atoms with Crippen LogP contribution >= 0.6 is 0 Å². The number of piperazine rings is 1. The molecule has 3 fully saturated rings. The number of hydrogen-bond donors (Lipinski definition) is 1. The van der Waals surface area contributed by atoms with Crippen LogP contribution in [0, 0.1) is 0 Å². The van der Waals surface area contributed by atoms with Crippen molar-refractivity contribution in [1.82, 2.24) is 15.1 Å². The van der Waals surface area contributed by atoms with E-state index in [0.717, 1.165) is 18.1 Å². The van der Waals surface area contributed by atoms with Crippen LogP contribution in [-0.2, 0) is 0 Å². The first kappa shape index (κ1) is 13.8. The highest BCUT2D eigenvalue weighted by Gasteiger charge is 2.35. The zero-order valence-corrected chi connectivity index (χ0v) is 12.6. The van der Waals surface area contributed by atoms with Crippen LogP contribution in [0.1, 0.15) is 51.9 Å². The maximum atomic E-state index is 3.81. The van der Waals surface area contributed by atoms with Crippen LogP contribution < -0.4 is 5.32 Å². The lowest BCUT2D eigenvalue weighted by molar-refractivity contribution is 0.0583. The highest BCUT2D eigenvalue weighted by Crippen LogP contribution is 2.29. The Morgan fingerprint density at radius 1 is 0.895 bits per heavy atom. The molecule has 3 nitrogen and oxygen atoms in total. The van der Waals surface area contributed by atoms with Gasteiger partial charge in [-0.3, -0.25) is 9.80 Å². The van der Waals surface area contributed by atoms with Crippen molar-refractivity contribution in [3.05, 3.63) is 0 Å². The molecule has 0 amide bonds. The minimum atomic E-state index is 0.765. The fraction of sp³-hybridized carbons (Fsp3) is 1.00. The molecule has 1 aliphatic heterocycles. The van der Waals surface area contributed by atoms with Crippen LogP contribution in [0.2, 0.25) is 0 Å². The summed E-state index contributed by atoms with van der Waals surface area (Å²) in [6, 6.07) is 2.55. The van der Waals surface area contributed by atoms with E-state index in [2.05, 4.69) is 22.0 Å². The third-order valence-electron chi connectivity index (χ3n) is 5.27. The number of hydrogen-bond acceptors (Lipinski definition) is 3. The normalized spacial score (nSPS) is 34.6. The number of rotatable bonds is 5. The minimum Gasteiger partial charge on any atom is -0.312 e. The van der Waals surface area contributed by atoms with Crippen molar-refractivity contribution in [1.29, 1.82) is 0 Å². The van der Waals surface area contributed by atoms with E-state index in [9.17, 15) is 0 Å². The van der Waals surface area contributed by atoms with Gasteiger partial charge in [0.05, 0.1) is 0 Å². The third kappa shape index (κ3) is 3.50. The zero-order chi connectivity index (χ0) is 13.1. The van der Waals surface area contributed by atoms with Gasteiger partial charge in [0.1, 0.15) is 0 Å². The summed E-state index contributed by atoms with van der Waals surface area (Å²) in [5, 5.41) is 3.81. The summed E-state index contributed by atoms with van der Waals surface area (Å²) in [6.07, 6.45) is 9.88. The van der Waals surface area contributed by atoms with Crippen molar-refractivity contribution in [2.24, 2.45) is 0 Å². The van der Waals surface area contributed by atoms with E-state index in [1.165, 1.54) is 77.7 Å². The Bertz CT molecular complexity index is 269. The molecule has 19 heavy (non-hydrogen) atoms. The second-order valence-corrected chi connectivity index (χ2v) is 6.72. The maximum Gasteiger partial charge on any atom is 0.0250 e. The summed E-state index contributed by atoms with van der Waals surface area (Å²) in [5.41, 5.74) is 0. The summed E-state index contributed by atoms with van der Waals surface area (Å²) in [5.74, 6) is 0. The lowest BCUT2D eigenvalue weighted by Crippen LogP contribution is -2.57. The zero-order valence-electron chi connectivity index (χ0n) is 12.6. The molecule has 2 aliphatic carbocycles. The van der Waals surface area contributed by atoms with Crippen molar-refractivity contribution in [2.75, 3.05) is 32.7 Å². The van der Waals surface area contributed by atoms with Gasteiger partial charge in [0.2, 0.25) is 0 Å². The van der Waals surface area contributed by atoms with Gasteiger partial charge >= 0.3 is 0 Å². The van der Waals surface area contributed by atoms with Crippen molar-refractivity contribution in [2.45, 2.75) is 70.0 Å². The Morgan fingerprint density at radius 2 is 1.58 bits per heavy atom. The third-order valence-corrected chi connectivity index (χ3v) is 5.27. The molecule has 0 radical (unpaired) electrons. The summed E-state index contributed by atoms with van der Waals surface area (Å²) < 4.78 is 0. The second-order valence-electron chi connectivity index (χ2n) is 6.72. The predicted octanol–water partition coefficient (Wildman–Crippen LogP) is 2.08. The molecule has 3 rings (SSSR count). The average Bonchev–Trinajstić information content (AvgIpc) is 3.30. The lowest BCUT2D eigenvalue weighted by Gasteiger charge is -2.44. The van der Waals surface area contributed by atoms with Crippen LogP contribution in [-0.4, -0.2) is 60.6 Å². The summed E-state index contributed by atoms with van der Waals surface area (Å²) in [4.78, 5) is 5.53. The summed E-state index contributed by atoms with van der Waals surface area (Å²) in [6.45, 7) is 8.74. The molecule has 3 aliphatic rings. The highest BCUT2D eigenvalue weighted by molar-refractivity contribution is 4.93. The molecule has 110 valence electrons. The molecule has 2 unspecified atom stereocenters. The van der Waals surface area contributed by atoms with Crippen molar-refractivity contribution >= 4 is 0 Å². The molecule has 2 saturated carbocycles. The Morgan fingerprint density at radius 3 is 2.26 bits per heavy atom. The number of nitrogens with zero attached hydrogens (tertiary/aromatic N) is 2. The summed E-state index contributed by atoms with van der Waals surface area (Å²) in [7, 11) is 0. The van der Waals surface area contributed by atoms with Crippen molar-refractivity contribution < 1.29 is 0 Å². The predicted molar refractivity (Wildman–Crippen MR) is 80.5 cm³/mol. The van der Waals surface area contributed by atoms with Crippen LogP contribution in [0.4, 0.5) is 0 Å². The fourth-order valence-corrected chi connectivity index (χ4v) is 3.99. The highest BCUT2D eigenvalue weighted by atomic mass is 15.3. The Hall–Kier alpha value is -0.120. The molecule has 3 heteroatoms. The van der Waals surface area contributed by atoms with Gasteiger partial charge in [-0.05, 0) is 38.6 Å². The van der Waals surface area contributed by atoms with Gasteiger partial charge in [-0.1, -0.05) is 19.8 Å². The standard InChI is InChI=1S/C16H31N3/c1-2-9-17-15-5-3-4-6-16(15)19-12-10-18(11-13-19)14-7-8-14/h14-17H,2-13H2,1H3. The lowest BCUT2D eigenvalue weighted by atomic mass is 9.88. The minimum absolute atomic E-state index is 0.765. The van der Waals surface area contributed by atoms with E-state index >= 15 is 0 Å². The molecule has 0 spiro atoms. The molecule has 0 aromatic rings. The molecule has 0 aromatic carbocycles. The molecule has 2 atom stereocenters. The van der Waals surface area contributed by atoms with Gasteiger partial charge in [0.25, 0.3) is 0 Å². The summed E-state index contributed by atoms with van der Waals surface area (Å²) >= 11 is 0. The van der Waals surface area contributed by atoms with Crippen LogP contribution in [0.3, 0.4) is 0 Å².